The number of primary amides is 1. The largest absolute Gasteiger partial charge is 0.381 e. The number of rotatable bonds is 5. The molecule has 6 nitrogen and oxygen atoms in total. The van der Waals surface area contributed by atoms with E-state index in [-0.39, 0.29) is 11.8 Å². The second kappa shape index (κ2) is 7.10. The van der Waals surface area contributed by atoms with E-state index in [1.807, 2.05) is 0 Å². The van der Waals surface area contributed by atoms with Gasteiger partial charge < -0.3 is 15.8 Å². The average molecular weight is 306 g/mol. The normalized spacial score (nSPS) is 23.2. The van der Waals surface area contributed by atoms with Gasteiger partial charge in [0.1, 0.15) is 5.54 Å². The number of carbonyl (C=O) groups is 2. The number of hydrogen-bond acceptors (Lipinski definition) is 4. The first-order chi connectivity index (χ1) is 10.5. The van der Waals surface area contributed by atoms with Gasteiger partial charge in [-0.3, -0.25) is 9.59 Å². The van der Waals surface area contributed by atoms with Crippen LogP contribution in [-0.2, 0) is 14.3 Å². The Morgan fingerprint density at radius 1 is 1.18 bits per heavy atom. The van der Waals surface area contributed by atoms with Crippen LogP contribution in [0.4, 0.5) is 0 Å². The summed E-state index contributed by atoms with van der Waals surface area (Å²) in [6, 6.07) is 2.19. The van der Waals surface area contributed by atoms with Crippen molar-refractivity contribution in [2.24, 2.45) is 11.1 Å². The minimum atomic E-state index is -0.849. The van der Waals surface area contributed by atoms with Gasteiger partial charge in [-0.2, -0.15) is 5.26 Å². The van der Waals surface area contributed by atoms with E-state index in [0.717, 1.165) is 32.1 Å². The van der Waals surface area contributed by atoms with E-state index in [0.29, 0.717) is 32.5 Å². The molecule has 2 rings (SSSR count). The van der Waals surface area contributed by atoms with Gasteiger partial charge in [-0.25, -0.2) is 0 Å². The van der Waals surface area contributed by atoms with Crippen LogP contribution in [0.15, 0.2) is 0 Å². The zero-order valence-corrected chi connectivity index (χ0v) is 12.9. The second-order valence-electron chi connectivity index (χ2n) is 6.41. The molecule has 1 aliphatic carbocycles. The van der Waals surface area contributed by atoms with Crippen LogP contribution in [-0.4, -0.2) is 30.6 Å². The fraction of sp³-hybridized carbons (Fsp3) is 0.750. The highest BCUT2D eigenvalue weighted by Gasteiger charge is 2.39. The summed E-state index contributed by atoms with van der Waals surface area (Å²) >= 11 is 0. The van der Waals surface area contributed by atoms with Crippen LogP contribution >= 0.6 is 0 Å². The highest BCUT2D eigenvalue weighted by atomic mass is 16.5. The van der Waals surface area contributed by atoms with E-state index < -0.39 is 11.0 Å². The summed E-state index contributed by atoms with van der Waals surface area (Å²) in [6.45, 7) is 0.943. The van der Waals surface area contributed by atoms with E-state index in [2.05, 4.69) is 11.4 Å². The van der Waals surface area contributed by atoms with Gasteiger partial charge in [0, 0.05) is 31.5 Å². The summed E-state index contributed by atoms with van der Waals surface area (Å²) in [5, 5.41) is 12.1. The molecule has 2 amide bonds. The number of nitriles is 1. The Morgan fingerprint density at radius 3 is 2.36 bits per heavy atom. The Bertz CT molecular complexity index is 458. The molecule has 6 heteroatoms. The molecule has 0 bridgehead atoms. The first-order valence-electron chi connectivity index (χ1n) is 7.96. The van der Waals surface area contributed by atoms with Crippen molar-refractivity contribution in [2.45, 2.75) is 56.9 Å². The molecular formula is C16H24N3O3. The van der Waals surface area contributed by atoms with Crippen LogP contribution in [0.3, 0.4) is 0 Å². The molecule has 0 aromatic rings. The second-order valence-corrected chi connectivity index (χ2v) is 6.41. The van der Waals surface area contributed by atoms with E-state index in [4.69, 9.17) is 10.5 Å². The first-order valence-corrected chi connectivity index (χ1v) is 7.96. The zero-order valence-electron chi connectivity index (χ0n) is 12.9. The Labute approximate surface area is 131 Å². The molecule has 1 radical (unpaired) electrons. The lowest BCUT2D eigenvalue weighted by Gasteiger charge is -2.35. The SMILES string of the molecule is N#CC1(NC(=O)[CH]CC2(C(N)=O)CCCCC2)CCOCC1. The Kier molecular flexibility index (Phi) is 5.41. The molecule has 0 spiro atoms. The third-order valence-corrected chi connectivity index (χ3v) is 4.93. The number of hydrogen-bond donors (Lipinski definition) is 2. The fourth-order valence-electron chi connectivity index (χ4n) is 3.34. The van der Waals surface area contributed by atoms with Gasteiger partial charge in [-0.1, -0.05) is 19.3 Å². The van der Waals surface area contributed by atoms with Gasteiger partial charge in [0.05, 0.1) is 12.5 Å². The molecule has 1 saturated heterocycles. The van der Waals surface area contributed by atoms with Crippen LogP contribution in [0.5, 0.6) is 0 Å². The van der Waals surface area contributed by atoms with Gasteiger partial charge in [0.25, 0.3) is 0 Å². The molecular weight excluding hydrogens is 282 g/mol. The molecule has 121 valence electrons. The smallest absolute Gasteiger partial charge is 0.225 e. The topological polar surface area (TPSA) is 105 Å². The van der Waals surface area contributed by atoms with Gasteiger partial charge >= 0.3 is 0 Å². The van der Waals surface area contributed by atoms with Gasteiger partial charge in [-0.05, 0) is 19.3 Å². The van der Waals surface area contributed by atoms with Gasteiger partial charge in [-0.15, -0.1) is 0 Å². The molecule has 0 atom stereocenters. The van der Waals surface area contributed by atoms with Crippen molar-refractivity contribution in [1.82, 2.24) is 5.32 Å². The Balaban J connectivity index is 1.91. The monoisotopic (exact) mass is 306 g/mol. The highest BCUT2D eigenvalue weighted by molar-refractivity contribution is 5.88. The maximum absolute atomic E-state index is 12.2. The molecule has 1 saturated carbocycles. The number of carbonyl (C=O) groups excluding carboxylic acids is 2. The minimum absolute atomic E-state index is 0.297. The molecule has 3 N–H and O–H groups in total. The van der Waals surface area contributed by atoms with E-state index >= 15 is 0 Å². The maximum atomic E-state index is 12.2. The molecule has 0 aromatic carbocycles. The maximum Gasteiger partial charge on any atom is 0.225 e. The van der Waals surface area contributed by atoms with Gasteiger partial charge in [0.2, 0.25) is 11.8 Å². The number of ether oxygens (including phenoxy) is 1. The summed E-state index contributed by atoms with van der Waals surface area (Å²) < 4.78 is 5.24. The fourth-order valence-corrected chi connectivity index (χ4v) is 3.34. The van der Waals surface area contributed by atoms with E-state index in [1.165, 1.54) is 6.42 Å². The molecule has 2 fully saturated rings. The number of amides is 2. The Hall–Kier alpha value is -1.61. The van der Waals surface area contributed by atoms with Crippen molar-refractivity contribution in [3.63, 3.8) is 0 Å². The minimum Gasteiger partial charge on any atom is -0.381 e. The average Bonchev–Trinajstić information content (AvgIpc) is 2.54. The van der Waals surface area contributed by atoms with Crippen molar-refractivity contribution in [3.05, 3.63) is 6.42 Å². The number of nitrogens with one attached hydrogen (secondary N) is 1. The predicted octanol–water partition coefficient (Wildman–Crippen LogP) is 1.21. The van der Waals surface area contributed by atoms with Crippen molar-refractivity contribution < 1.29 is 14.3 Å². The lowest BCUT2D eigenvalue weighted by atomic mass is 9.70. The van der Waals surface area contributed by atoms with Crippen LogP contribution in [0.1, 0.15) is 51.4 Å². The van der Waals surface area contributed by atoms with Crippen molar-refractivity contribution >= 4 is 11.8 Å². The predicted molar refractivity (Wildman–Crippen MR) is 80.2 cm³/mol. The van der Waals surface area contributed by atoms with Gasteiger partial charge in [0.15, 0.2) is 0 Å². The van der Waals surface area contributed by atoms with Crippen LogP contribution in [0.2, 0.25) is 0 Å². The van der Waals surface area contributed by atoms with Crippen LogP contribution in [0, 0.1) is 23.2 Å². The van der Waals surface area contributed by atoms with Crippen LogP contribution < -0.4 is 11.1 Å². The molecule has 22 heavy (non-hydrogen) atoms. The molecule has 1 aliphatic heterocycles. The van der Waals surface area contributed by atoms with E-state index in [9.17, 15) is 14.9 Å². The number of nitrogens with zero attached hydrogens (tertiary/aromatic N) is 1. The molecule has 2 aliphatic rings. The summed E-state index contributed by atoms with van der Waals surface area (Å²) in [7, 11) is 0. The zero-order chi connectivity index (χ0) is 16.1. The first kappa shape index (κ1) is 16.8. The third-order valence-electron chi connectivity index (χ3n) is 4.93. The van der Waals surface area contributed by atoms with E-state index in [1.54, 1.807) is 0 Å². The third kappa shape index (κ3) is 3.77. The molecule has 1 heterocycles. The summed E-state index contributed by atoms with van der Waals surface area (Å²) in [4.78, 5) is 24.0. The van der Waals surface area contributed by atoms with Crippen molar-refractivity contribution in [3.8, 4) is 6.07 Å². The molecule has 0 aromatic heterocycles. The lowest BCUT2D eigenvalue weighted by Crippen LogP contribution is -2.51. The van der Waals surface area contributed by atoms with Crippen molar-refractivity contribution in [1.29, 1.82) is 5.26 Å². The Morgan fingerprint density at radius 2 is 1.82 bits per heavy atom. The summed E-state index contributed by atoms with van der Waals surface area (Å²) in [6.07, 6.45) is 7.35. The lowest BCUT2D eigenvalue weighted by molar-refractivity contribution is -0.130. The van der Waals surface area contributed by atoms with Crippen molar-refractivity contribution in [2.75, 3.05) is 13.2 Å². The quantitative estimate of drug-likeness (QED) is 0.796. The number of nitrogens with two attached hydrogens (primary N) is 1. The highest BCUT2D eigenvalue weighted by Crippen LogP contribution is 2.39. The summed E-state index contributed by atoms with van der Waals surface area (Å²) in [5.74, 6) is -0.619. The molecule has 0 unspecified atom stereocenters. The van der Waals surface area contributed by atoms with Crippen LogP contribution in [0.25, 0.3) is 0 Å². The summed E-state index contributed by atoms with van der Waals surface area (Å²) in [5.41, 5.74) is 4.12. The standard InChI is InChI=1S/C16H24N3O3/c17-12-16(8-10-22-11-9-16)19-13(20)4-7-15(14(18)21)5-2-1-3-6-15/h4H,1-3,5-11H2,(H2,18,21)(H,19,20).